The van der Waals surface area contributed by atoms with E-state index in [-0.39, 0.29) is 30.2 Å². The summed E-state index contributed by atoms with van der Waals surface area (Å²) in [6.07, 6.45) is 5.12. The molecular formula is C24H28Cl2S2SiZr. The number of allylic oxidation sites excluding steroid dienone is 8. The van der Waals surface area contributed by atoms with Crippen molar-refractivity contribution in [2.45, 2.75) is 40.8 Å². The van der Waals surface area contributed by atoms with Gasteiger partial charge >= 0.3 is 187 Å². The first-order chi connectivity index (χ1) is 13.4. The van der Waals surface area contributed by atoms with Crippen LogP contribution in [0.1, 0.15) is 37.4 Å². The van der Waals surface area contributed by atoms with Gasteiger partial charge in [0, 0.05) is 0 Å². The minimum atomic E-state index is -1.90. The number of hydrogen-bond donors (Lipinski definition) is 0. The van der Waals surface area contributed by atoms with Gasteiger partial charge in [-0.1, -0.05) is 0 Å². The topological polar surface area (TPSA) is 0 Å². The molecule has 2 aliphatic rings. The molecule has 6 heteroatoms. The van der Waals surface area contributed by atoms with Gasteiger partial charge < -0.3 is 24.8 Å². The molecule has 0 bridgehead atoms. The summed E-state index contributed by atoms with van der Waals surface area (Å²) < 4.78 is 3.76. The molecule has 0 aromatic carbocycles. The van der Waals surface area contributed by atoms with Crippen molar-refractivity contribution in [2.75, 3.05) is 0 Å². The summed E-state index contributed by atoms with van der Waals surface area (Å²) in [7, 11) is 0. The van der Waals surface area contributed by atoms with E-state index in [2.05, 4.69) is 88.0 Å². The molecule has 0 aliphatic heterocycles. The van der Waals surface area contributed by atoms with Crippen LogP contribution >= 0.6 is 22.7 Å². The van der Waals surface area contributed by atoms with Gasteiger partial charge in [0.15, 0.2) is 0 Å². The number of rotatable bonds is 4. The first kappa shape index (κ1) is 26.3. The monoisotopic (exact) mass is 568 g/mol. The van der Waals surface area contributed by atoms with E-state index < -0.39 is 20.4 Å². The molecule has 2 aliphatic carbocycles. The van der Waals surface area contributed by atoms with Crippen LogP contribution < -0.4 is 24.8 Å². The van der Waals surface area contributed by atoms with Gasteiger partial charge in [-0.05, 0) is 0 Å². The fourth-order valence-electron chi connectivity index (χ4n) is 4.80. The summed E-state index contributed by atoms with van der Waals surface area (Å²) in [5.74, 6) is 1.23. The summed E-state index contributed by atoms with van der Waals surface area (Å²) in [6.45, 7) is 14.9. The van der Waals surface area contributed by atoms with E-state index in [1.54, 1.807) is 11.1 Å². The van der Waals surface area contributed by atoms with Gasteiger partial charge in [0.1, 0.15) is 0 Å². The van der Waals surface area contributed by atoms with Crippen molar-refractivity contribution in [1.29, 1.82) is 0 Å². The summed E-state index contributed by atoms with van der Waals surface area (Å²) >= 11 is 1.87. The quantitative estimate of drug-likeness (QED) is 0.494. The van der Waals surface area contributed by atoms with Crippen LogP contribution in [0.3, 0.4) is 0 Å². The second-order valence-electron chi connectivity index (χ2n) is 8.14. The molecule has 0 nitrogen and oxygen atoms in total. The molecule has 0 saturated heterocycles. The average molecular weight is 571 g/mol. The SMILES string of the molecule is CC1=[C]([Zr+2]([C]2=C(C)C(c3cccs3)=CC2C)=[Si](C)C)C(C)C=C1c1cccs1.[Cl-].[Cl-]. The van der Waals surface area contributed by atoms with Gasteiger partial charge in [-0.15, -0.1) is 0 Å². The fourth-order valence-corrected chi connectivity index (χ4v) is 26.2. The molecule has 2 aromatic heterocycles. The summed E-state index contributed by atoms with van der Waals surface area (Å²) in [5.41, 5.74) is 5.95. The molecule has 158 valence electrons. The minimum absolute atomic E-state index is 0. The first-order valence-electron chi connectivity index (χ1n) is 10.0. The molecule has 0 N–H and O–H groups in total. The second-order valence-corrected chi connectivity index (χ2v) is 26.9. The van der Waals surface area contributed by atoms with Gasteiger partial charge in [-0.2, -0.15) is 0 Å². The van der Waals surface area contributed by atoms with Gasteiger partial charge in [0.05, 0.1) is 0 Å². The zero-order valence-electron chi connectivity index (χ0n) is 18.3. The van der Waals surface area contributed by atoms with E-state index in [9.17, 15) is 0 Å². The van der Waals surface area contributed by atoms with Gasteiger partial charge in [-0.25, -0.2) is 0 Å². The van der Waals surface area contributed by atoms with Crippen molar-refractivity contribution < 1.29 is 45.2 Å². The Labute approximate surface area is 209 Å². The Balaban J connectivity index is 0.00000160. The van der Waals surface area contributed by atoms with Gasteiger partial charge in [0.2, 0.25) is 0 Å². The van der Waals surface area contributed by atoms with E-state index in [4.69, 9.17) is 0 Å². The Bertz CT molecular complexity index is 986. The van der Waals surface area contributed by atoms with Crippen LogP contribution in [0.15, 0.2) is 64.9 Å². The van der Waals surface area contributed by atoms with Crippen LogP contribution in [0.5, 0.6) is 0 Å². The van der Waals surface area contributed by atoms with Crippen molar-refractivity contribution in [3.8, 4) is 0 Å². The molecule has 0 fully saturated rings. The van der Waals surface area contributed by atoms with Gasteiger partial charge in [-0.3, -0.25) is 0 Å². The maximum atomic E-state index is 2.59. The molecule has 0 radical (unpaired) electrons. The summed E-state index contributed by atoms with van der Waals surface area (Å²) in [5, 5.41) is 4.42. The van der Waals surface area contributed by atoms with E-state index >= 15 is 0 Å². The molecule has 0 amide bonds. The molecule has 2 unspecified atom stereocenters. The zero-order chi connectivity index (χ0) is 20.0. The Morgan fingerprint density at radius 2 is 1.17 bits per heavy atom. The van der Waals surface area contributed by atoms with E-state index in [1.807, 2.05) is 29.2 Å². The van der Waals surface area contributed by atoms with E-state index in [0.717, 1.165) is 0 Å². The van der Waals surface area contributed by atoms with Crippen molar-refractivity contribution >= 4 is 39.3 Å². The fraction of sp³-hybridized carbons (Fsp3) is 0.333. The Morgan fingerprint density at radius 3 is 1.47 bits per heavy atom. The van der Waals surface area contributed by atoms with E-state index in [0.29, 0.717) is 11.8 Å². The minimum Gasteiger partial charge on any atom is -1.00 e. The Morgan fingerprint density at radius 1 is 0.767 bits per heavy atom. The predicted molar refractivity (Wildman–Crippen MR) is 126 cm³/mol. The largest absolute Gasteiger partial charge is 1.00 e. The van der Waals surface area contributed by atoms with Crippen LogP contribution in [0.4, 0.5) is 0 Å². The maximum Gasteiger partial charge on any atom is -1.00 e. The predicted octanol–water partition coefficient (Wildman–Crippen LogP) is 2.00. The van der Waals surface area contributed by atoms with Crippen LogP contribution in [-0.4, -0.2) is 5.43 Å². The molecule has 0 spiro atoms. The third-order valence-electron chi connectivity index (χ3n) is 5.97. The summed E-state index contributed by atoms with van der Waals surface area (Å²) in [4.78, 5) is 2.90. The molecular weight excluding hydrogens is 543 g/mol. The zero-order valence-corrected chi connectivity index (χ0v) is 24.9. The van der Waals surface area contributed by atoms with Crippen molar-refractivity contribution in [3.05, 3.63) is 74.6 Å². The number of thiophene rings is 2. The van der Waals surface area contributed by atoms with Crippen LogP contribution in [-0.2, 0) is 20.4 Å². The van der Waals surface area contributed by atoms with Gasteiger partial charge in [0.25, 0.3) is 0 Å². The third kappa shape index (κ3) is 4.70. The molecule has 2 aromatic rings. The molecule has 2 heterocycles. The molecule has 2 atom stereocenters. The number of hydrogen-bond acceptors (Lipinski definition) is 2. The third-order valence-corrected chi connectivity index (χ3v) is 26.1. The van der Waals surface area contributed by atoms with Crippen LogP contribution in [0.25, 0.3) is 11.1 Å². The normalized spacial score (nSPS) is 20.3. The van der Waals surface area contributed by atoms with Crippen molar-refractivity contribution in [1.82, 2.24) is 0 Å². The number of halogens is 2. The summed E-state index contributed by atoms with van der Waals surface area (Å²) in [6, 6.07) is 8.96. The second kappa shape index (κ2) is 10.8. The van der Waals surface area contributed by atoms with Crippen molar-refractivity contribution in [3.63, 3.8) is 0 Å². The van der Waals surface area contributed by atoms with E-state index in [1.165, 1.54) is 20.9 Å². The smallest absolute Gasteiger partial charge is 1.00 e. The molecule has 4 rings (SSSR count). The molecule has 0 saturated carbocycles. The van der Waals surface area contributed by atoms with Crippen LogP contribution in [0, 0.1) is 11.8 Å². The first-order valence-corrected chi connectivity index (χ1v) is 20.4. The Hall–Kier alpha value is 0.0400. The standard InChI is InChI=1S/2C11H11S.C2H6Si.2ClH.Zr/c2*1-8-6-9(2)10(7-8)11-4-3-5-12-11;1-3-2;;;/h2*3-5,7-8H,1-2H3;1-2H3;2*1H;/q;;;;;+2/p-2. The molecule has 30 heavy (non-hydrogen) atoms. The van der Waals surface area contributed by atoms with Crippen molar-refractivity contribution in [2.24, 2.45) is 11.8 Å². The Kier molecular flexibility index (Phi) is 9.44. The average Bonchev–Trinajstić information content (AvgIpc) is 3.42. The van der Waals surface area contributed by atoms with Crippen LogP contribution in [0.2, 0.25) is 13.1 Å². The maximum absolute atomic E-state index is 2.59.